The monoisotopic (exact) mass is 193 g/mol. The summed E-state index contributed by atoms with van der Waals surface area (Å²) >= 11 is 0. The van der Waals surface area contributed by atoms with Crippen LogP contribution in [0.25, 0.3) is 0 Å². The van der Waals surface area contributed by atoms with Crippen molar-refractivity contribution in [3.05, 3.63) is 12.2 Å². The van der Waals surface area contributed by atoms with Gasteiger partial charge in [0.15, 0.2) is 0 Å². The van der Waals surface area contributed by atoms with Crippen LogP contribution in [0.1, 0.15) is 51.4 Å². The summed E-state index contributed by atoms with van der Waals surface area (Å²) in [5, 5.41) is 0. The minimum atomic E-state index is 0.476. The van der Waals surface area contributed by atoms with Crippen LogP contribution < -0.4 is 5.73 Å². The van der Waals surface area contributed by atoms with E-state index in [0.29, 0.717) is 5.41 Å². The first kappa shape index (κ1) is 10.2. The highest BCUT2D eigenvalue weighted by molar-refractivity contribution is 4.99. The first-order valence-electron chi connectivity index (χ1n) is 6.20. The molecular weight excluding hydrogens is 170 g/mol. The number of hydrogen-bond donors (Lipinski definition) is 1. The zero-order valence-corrected chi connectivity index (χ0v) is 9.17. The van der Waals surface area contributed by atoms with Crippen LogP contribution in [0.4, 0.5) is 0 Å². The third-order valence-electron chi connectivity index (χ3n) is 4.19. The second-order valence-electron chi connectivity index (χ2n) is 5.27. The molecule has 0 amide bonds. The molecule has 80 valence electrons. The minimum Gasteiger partial charge on any atom is -0.330 e. The Bertz CT molecular complexity index is 203. The molecule has 1 fully saturated rings. The van der Waals surface area contributed by atoms with Crippen molar-refractivity contribution >= 4 is 0 Å². The van der Waals surface area contributed by atoms with E-state index < -0.39 is 0 Å². The fourth-order valence-corrected chi connectivity index (χ4v) is 3.22. The van der Waals surface area contributed by atoms with Crippen molar-refractivity contribution < 1.29 is 0 Å². The van der Waals surface area contributed by atoms with Crippen molar-refractivity contribution in [1.29, 1.82) is 0 Å². The molecule has 0 aromatic rings. The van der Waals surface area contributed by atoms with Crippen LogP contribution in [0.2, 0.25) is 0 Å². The molecule has 0 aliphatic heterocycles. The molecule has 2 aliphatic rings. The Morgan fingerprint density at radius 3 is 2.57 bits per heavy atom. The van der Waals surface area contributed by atoms with E-state index >= 15 is 0 Å². The van der Waals surface area contributed by atoms with Crippen LogP contribution >= 0.6 is 0 Å². The fourth-order valence-electron chi connectivity index (χ4n) is 3.22. The van der Waals surface area contributed by atoms with Crippen LogP contribution in [0.15, 0.2) is 12.2 Å². The van der Waals surface area contributed by atoms with Crippen LogP contribution in [-0.4, -0.2) is 6.54 Å². The lowest BCUT2D eigenvalue weighted by atomic mass is 9.71. The first-order chi connectivity index (χ1) is 6.85. The Kier molecular flexibility index (Phi) is 3.27. The van der Waals surface area contributed by atoms with Gasteiger partial charge in [0.2, 0.25) is 0 Å². The molecule has 14 heavy (non-hydrogen) atoms. The Hall–Kier alpha value is -0.300. The van der Waals surface area contributed by atoms with Gasteiger partial charge in [0.05, 0.1) is 0 Å². The Balaban J connectivity index is 1.93. The smallest absolute Gasteiger partial charge is 0.00173 e. The molecule has 0 aromatic heterocycles. The molecule has 0 bridgehead atoms. The molecule has 1 unspecified atom stereocenters. The average molecular weight is 193 g/mol. The van der Waals surface area contributed by atoms with E-state index in [9.17, 15) is 0 Å². The number of allylic oxidation sites excluding steroid dienone is 2. The number of nitrogens with two attached hydrogens (primary N) is 1. The van der Waals surface area contributed by atoms with Crippen LogP contribution in [0, 0.1) is 11.3 Å². The van der Waals surface area contributed by atoms with E-state index in [4.69, 9.17) is 5.73 Å². The molecule has 0 spiro atoms. The summed E-state index contributed by atoms with van der Waals surface area (Å²) in [5.41, 5.74) is 6.46. The van der Waals surface area contributed by atoms with Crippen LogP contribution in [-0.2, 0) is 0 Å². The Morgan fingerprint density at radius 2 is 2.00 bits per heavy atom. The van der Waals surface area contributed by atoms with E-state index in [0.717, 1.165) is 12.5 Å². The second-order valence-corrected chi connectivity index (χ2v) is 5.27. The van der Waals surface area contributed by atoms with Crippen molar-refractivity contribution in [3.8, 4) is 0 Å². The summed E-state index contributed by atoms with van der Waals surface area (Å²) in [6, 6.07) is 0. The van der Waals surface area contributed by atoms with Gasteiger partial charge in [-0.05, 0) is 43.6 Å². The third-order valence-corrected chi connectivity index (χ3v) is 4.19. The Morgan fingerprint density at radius 1 is 1.21 bits per heavy atom. The highest BCUT2D eigenvalue weighted by Gasteiger charge is 2.32. The van der Waals surface area contributed by atoms with Crippen molar-refractivity contribution in [2.75, 3.05) is 6.54 Å². The largest absolute Gasteiger partial charge is 0.330 e. The molecule has 2 rings (SSSR count). The summed E-state index contributed by atoms with van der Waals surface area (Å²) in [7, 11) is 0. The normalized spacial score (nSPS) is 33.8. The number of rotatable bonds is 3. The van der Waals surface area contributed by atoms with Crippen LogP contribution in [0.3, 0.4) is 0 Å². The van der Waals surface area contributed by atoms with E-state index in [2.05, 4.69) is 12.2 Å². The van der Waals surface area contributed by atoms with Gasteiger partial charge in [-0.3, -0.25) is 0 Å². The quantitative estimate of drug-likeness (QED) is 0.684. The molecule has 0 heterocycles. The first-order valence-corrected chi connectivity index (χ1v) is 6.20. The average Bonchev–Trinajstić information content (AvgIpc) is 2.72. The van der Waals surface area contributed by atoms with Crippen molar-refractivity contribution in [1.82, 2.24) is 0 Å². The van der Waals surface area contributed by atoms with Crippen molar-refractivity contribution in [3.63, 3.8) is 0 Å². The lowest BCUT2D eigenvalue weighted by Gasteiger charge is -2.36. The molecule has 1 heteroatoms. The third kappa shape index (κ3) is 2.20. The summed E-state index contributed by atoms with van der Waals surface area (Å²) in [6.45, 7) is 0.897. The predicted molar refractivity (Wildman–Crippen MR) is 61.1 cm³/mol. The van der Waals surface area contributed by atoms with Gasteiger partial charge in [0.25, 0.3) is 0 Å². The Labute approximate surface area is 87.8 Å². The van der Waals surface area contributed by atoms with Gasteiger partial charge in [0, 0.05) is 0 Å². The standard InChI is InChI=1S/C13H23N/c14-11-13(8-4-1-5-9-13)10-12-6-2-3-7-12/h1,4,12H,2-3,5-11,14H2. The maximum absolute atomic E-state index is 5.98. The van der Waals surface area contributed by atoms with Gasteiger partial charge in [-0.2, -0.15) is 0 Å². The summed E-state index contributed by atoms with van der Waals surface area (Å²) in [4.78, 5) is 0. The van der Waals surface area contributed by atoms with E-state index in [-0.39, 0.29) is 0 Å². The maximum atomic E-state index is 5.98. The molecule has 2 aliphatic carbocycles. The maximum Gasteiger partial charge on any atom is -0.00173 e. The zero-order valence-electron chi connectivity index (χ0n) is 9.17. The predicted octanol–water partition coefficient (Wildman–Crippen LogP) is 3.25. The van der Waals surface area contributed by atoms with Crippen LogP contribution in [0.5, 0.6) is 0 Å². The molecular formula is C13H23N. The van der Waals surface area contributed by atoms with Gasteiger partial charge in [0.1, 0.15) is 0 Å². The van der Waals surface area contributed by atoms with Gasteiger partial charge in [-0.25, -0.2) is 0 Å². The zero-order chi connectivity index (χ0) is 9.86. The summed E-state index contributed by atoms with van der Waals surface area (Å²) in [6.07, 6.45) is 15.7. The second kappa shape index (κ2) is 4.48. The van der Waals surface area contributed by atoms with Gasteiger partial charge < -0.3 is 5.73 Å². The highest BCUT2D eigenvalue weighted by Crippen LogP contribution is 2.42. The topological polar surface area (TPSA) is 26.0 Å². The van der Waals surface area contributed by atoms with Gasteiger partial charge in [-0.1, -0.05) is 37.8 Å². The number of hydrogen-bond acceptors (Lipinski definition) is 1. The van der Waals surface area contributed by atoms with Gasteiger partial charge >= 0.3 is 0 Å². The SMILES string of the molecule is NCC1(CC2CCCC2)CC=CCC1. The molecule has 1 atom stereocenters. The molecule has 2 N–H and O–H groups in total. The summed E-state index contributed by atoms with van der Waals surface area (Å²) < 4.78 is 0. The molecule has 0 aromatic carbocycles. The van der Waals surface area contributed by atoms with E-state index in [1.54, 1.807) is 0 Å². The molecule has 0 radical (unpaired) electrons. The van der Waals surface area contributed by atoms with E-state index in [1.807, 2.05) is 0 Å². The molecule has 1 saturated carbocycles. The lowest BCUT2D eigenvalue weighted by Crippen LogP contribution is -2.33. The summed E-state index contributed by atoms with van der Waals surface area (Å²) in [5.74, 6) is 0.991. The molecule has 0 saturated heterocycles. The molecule has 1 nitrogen and oxygen atoms in total. The lowest BCUT2D eigenvalue weighted by molar-refractivity contribution is 0.201. The van der Waals surface area contributed by atoms with Crippen molar-refractivity contribution in [2.45, 2.75) is 51.4 Å². The van der Waals surface area contributed by atoms with Gasteiger partial charge in [-0.15, -0.1) is 0 Å². The fraction of sp³-hybridized carbons (Fsp3) is 0.846. The van der Waals surface area contributed by atoms with Crippen molar-refractivity contribution in [2.24, 2.45) is 17.1 Å². The minimum absolute atomic E-state index is 0.476. The van der Waals surface area contributed by atoms with E-state index in [1.165, 1.54) is 51.4 Å². The highest BCUT2D eigenvalue weighted by atomic mass is 14.6.